The predicted octanol–water partition coefficient (Wildman–Crippen LogP) is 4.61. The maximum atomic E-state index is 6.03. The Morgan fingerprint density at radius 1 is 1.11 bits per heavy atom. The summed E-state index contributed by atoms with van der Waals surface area (Å²) >= 11 is 9.44. The number of aromatic nitrogens is 2. The van der Waals surface area contributed by atoms with Gasteiger partial charge in [0.15, 0.2) is 5.15 Å². The summed E-state index contributed by atoms with van der Waals surface area (Å²) in [6.07, 6.45) is 0. The lowest BCUT2D eigenvalue weighted by molar-refractivity contribution is 0.454. The van der Waals surface area contributed by atoms with E-state index in [9.17, 15) is 0 Å². The molecule has 0 unspecified atom stereocenters. The zero-order valence-electron chi connectivity index (χ0n) is 10.3. The van der Waals surface area contributed by atoms with Gasteiger partial charge in [-0.1, -0.05) is 33.6 Å². The van der Waals surface area contributed by atoms with Crippen molar-refractivity contribution < 1.29 is 4.74 Å². The van der Waals surface area contributed by atoms with E-state index in [2.05, 4.69) is 25.9 Å². The fourth-order valence-corrected chi connectivity index (χ4v) is 1.96. The van der Waals surface area contributed by atoms with Crippen molar-refractivity contribution in [2.75, 3.05) is 0 Å². The third kappa shape index (κ3) is 2.82. The summed E-state index contributed by atoms with van der Waals surface area (Å²) in [5, 5.41) is 0.275. The van der Waals surface area contributed by atoms with E-state index in [1.165, 1.54) is 0 Å². The molecule has 1 aromatic heterocycles. The topological polar surface area (TPSA) is 35.0 Å². The standard InChI is InChI=1S/C13H12BrClN2O/c1-7-4-5-10(14)6-11(7)18-13-12(15)16-8(2)9(3)17-13/h4-6H,1-3H3. The zero-order chi connectivity index (χ0) is 13.3. The second kappa shape index (κ2) is 5.24. The molecular formula is C13H12BrClN2O. The van der Waals surface area contributed by atoms with Crippen molar-refractivity contribution in [1.82, 2.24) is 9.97 Å². The summed E-state index contributed by atoms with van der Waals surface area (Å²) < 4.78 is 6.66. The molecule has 1 heterocycles. The van der Waals surface area contributed by atoms with Crippen molar-refractivity contribution in [2.24, 2.45) is 0 Å². The van der Waals surface area contributed by atoms with E-state index < -0.39 is 0 Å². The molecule has 2 aromatic rings. The Morgan fingerprint density at radius 3 is 2.50 bits per heavy atom. The highest BCUT2D eigenvalue weighted by Crippen LogP contribution is 2.30. The lowest BCUT2D eigenvalue weighted by Gasteiger charge is -2.10. The molecule has 0 aliphatic carbocycles. The Bertz CT molecular complexity index is 602. The van der Waals surface area contributed by atoms with Crippen LogP contribution < -0.4 is 4.74 Å². The first-order chi connectivity index (χ1) is 8.47. The number of nitrogens with zero attached hydrogens (tertiary/aromatic N) is 2. The minimum absolute atomic E-state index is 0.275. The van der Waals surface area contributed by atoms with Crippen LogP contribution in [0.4, 0.5) is 0 Å². The second-order valence-corrected chi connectivity index (χ2v) is 5.28. The summed E-state index contributed by atoms with van der Waals surface area (Å²) in [4.78, 5) is 8.49. The Hall–Kier alpha value is -1.13. The molecule has 5 heteroatoms. The quantitative estimate of drug-likeness (QED) is 0.808. The van der Waals surface area contributed by atoms with Crippen LogP contribution in [0.5, 0.6) is 11.6 Å². The molecule has 2 rings (SSSR count). The Balaban J connectivity index is 2.40. The fourth-order valence-electron chi connectivity index (χ4n) is 1.41. The third-order valence-corrected chi connectivity index (χ3v) is 3.33. The SMILES string of the molecule is Cc1ccc(Br)cc1Oc1nc(C)c(C)nc1Cl. The average Bonchev–Trinajstić information content (AvgIpc) is 2.30. The van der Waals surface area contributed by atoms with Gasteiger partial charge in [-0.3, -0.25) is 0 Å². The van der Waals surface area contributed by atoms with Crippen LogP contribution in [-0.4, -0.2) is 9.97 Å². The van der Waals surface area contributed by atoms with Gasteiger partial charge in [0.1, 0.15) is 5.75 Å². The van der Waals surface area contributed by atoms with Crippen molar-refractivity contribution in [2.45, 2.75) is 20.8 Å². The van der Waals surface area contributed by atoms with Gasteiger partial charge < -0.3 is 4.74 Å². The molecule has 1 aromatic carbocycles. The van der Waals surface area contributed by atoms with Crippen LogP contribution in [0.15, 0.2) is 22.7 Å². The van der Waals surface area contributed by atoms with Gasteiger partial charge in [0, 0.05) is 4.47 Å². The van der Waals surface area contributed by atoms with E-state index in [4.69, 9.17) is 16.3 Å². The van der Waals surface area contributed by atoms with E-state index in [1.807, 2.05) is 39.0 Å². The first kappa shape index (κ1) is 13.3. The Labute approximate surface area is 119 Å². The summed E-state index contributed by atoms with van der Waals surface area (Å²) in [5.74, 6) is 1.05. The summed E-state index contributed by atoms with van der Waals surface area (Å²) in [5.41, 5.74) is 2.62. The van der Waals surface area contributed by atoms with Gasteiger partial charge in [-0.05, 0) is 38.5 Å². The lowest BCUT2D eigenvalue weighted by Crippen LogP contribution is -1.98. The van der Waals surface area contributed by atoms with Crippen molar-refractivity contribution in [3.8, 4) is 11.6 Å². The van der Waals surface area contributed by atoms with Crippen LogP contribution in [0.2, 0.25) is 5.15 Å². The van der Waals surface area contributed by atoms with Crippen molar-refractivity contribution in [1.29, 1.82) is 0 Å². The average molecular weight is 328 g/mol. The van der Waals surface area contributed by atoms with Gasteiger partial charge in [0.05, 0.1) is 11.4 Å². The Kier molecular flexibility index (Phi) is 3.88. The molecule has 3 nitrogen and oxygen atoms in total. The molecule has 0 radical (unpaired) electrons. The summed E-state index contributed by atoms with van der Waals surface area (Å²) in [6, 6.07) is 5.79. The minimum atomic E-state index is 0.275. The largest absolute Gasteiger partial charge is 0.436 e. The number of benzene rings is 1. The van der Waals surface area contributed by atoms with Gasteiger partial charge >= 0.3 is 0 Å². The molecule has 0 atom stereocenters. The molecule has 0 bridgehead atoms. The van der Waals surface area contributed by atoms with E-state index in [0.29, 0.717) is 11.6 Å². The van der Waals surface area contributed by atoms with E-state index in [1.54, 1.807) is 0 Å². The highest BCUT2D eigenvalue weighted by molar-refractivity contribution is 9.10. The maximum Gasteiger partial charge on any atom is 0.257 e. The second-order valence-electron chi connectivity index (χ2n) is 4.00. The number of halogens is 2. The zero-order valence-corrected chi connectivity index (χ0v) is 12.6. The molecule has 0 aliphatic heterocycles. The number of rotatable bonds is 2. The van der Waals surface area contributed by atoms with Crippen molar-refractivity contribution >= 4 is 27.5 Å². The van der Waals surface area contributed by atoms with Crippen molar-refractivity contribution in [3.05, 3.63) is 44.8 Å². The number of ether oxygens (including phenoxy) is 1. The lowest BCUT2D eigenvalue weighted by atomic mass is 10.2. The van der Waals surface area contributed by atoms with Gasteiger partial charge in [-0.25, -0.2) is 9.97 Å². The molecular weight excluding hydrogens is 316 g/mol. The first-order valence-corrected chi connectivity index (χ1v) is 6.59. The highest BCUT2D eigenvalue weighted by Gasteiger charge is 2.11. The molecule has 0 N–H and O–H groups in total. The fraction of sp³-hybridized carbons (Fsp3) is 0.231. The molecule has 0 spiro atoms. The van der Waals surface area contributed by atoms with Crippen molar-refractivity contribution in [3.63, 3.8) is 0 Å². The van der Waals surface area contributed by atoms with Crippen LogP contribution in [-0.2, 0) is 0 Å². The third-order valence-electron chi connectivity index (χ3n) is 2.59. The van der Waals surface area contributed by atoms with Gasteiger partial charge in [0.25, 0.3) is 5.88 Å². The van der Waals surface area contributed by atoms with Crippen LogP contribution in [0.1, 0.15) is 17.0 Å². The van der Waals surface area contributed by atoms with Gasteiger partial charge in [-0.15, -0.1) is 0 Å². The summed E-state index contributed by atoms with van der Waals surface area (Å²) in [7, 11) is 0. The van der Waals surface area contributed by atoms with Crippen LogP contribution in [0, 0.1) is 20.8 Å². The van der Waals surface area contributed by atoms with Gasteiger partial charge in [-0.2, -0.15) is 0 Å². The van der Waals surface area contributed by atoms with Gasteiger partial charge in [0.2, 0.25) is 0 Å². The van der Waals surface area contributed by atoms with E-state index in [0.717, 1.165) is 21.4 Å². The first-order valence-electron chi connectivity index (χ1n) is 5.42. The minimum Gasteiger partial charge on any atom is -0.436 e. The normalized spacial score (nSPS) is 10.5. The predicted molar refractivity (Wildman–Crippen MR) is 75.5 cm³/mol. The number of aryl methyl sites for hydroxylation is 3. The van der Waals surface area contributed by atoms with Crippen LogP contribution >= 0.6 is 27.5 Å². The van der Waals surface area contributed by atoms with E-state index >= 15 is 0 Å². The Morgan fingerprint density at radius 2 is 1.78 bits per heavy atom. The maximum absolute atomic E-state index is 6.03. The molecule has 0 saturated heterocycles. The number of hydrogen-bond acceptors (Lipinski definition) is 3. The molecule has 94 valence electrons. The summed E-state index contributed by atoms with van der Waals surface area (Å²) in [6.45, 7) is 5.70. The molecule has 0 fully saturated rings. The monoisotopic (exact) mass is 326 g/mol. The highest BCUT2D eigenvalue weighted by atomic mass is 79.9. The molecule has 0 saturated carbocycles. The van der Waals surface area contributed by atoms with Crippen LogP contribution in [0.3, 0.4) is 0 Å². The molecule has 0 amide bonds. The molecule has 0 aliphatic rings. The van der Waals surface area contributed by atoms with Crippen LogP contribution in [0.25, 0.3) is 0 Å². The molecule has 18 heavy (non-hydrogen) atoms. The number of hydrogen-bond donors (Lipinski definition) is 0. The van der Waals surface area contributed by atoms with E-state index in [-0.39, 0.29) is 5.15 Å². The smallest absolute Gasteiger partial charge is 0.257 e.